The smallest absolute Gasteiger partial charge is 0.251 e. The third-order valence-electron chi connectivity index (χ3n) is 3.91. The van der Waals surface area contributed by atoms with E-state index in [1.807, 2.05) is 24.3 Å². The topological polar surface area (TPSA) is 76.7 Å². The molecule has 0 atom stereocenters. The highest BCUT2D eigenvalue weighted by Gasteiger charge is 2.08. The highest BCUT2D eigenvalue weighted by atomic mass is 79.9. The van der Waals surface area contributed by atoms with Gasteiger partial charge in [0.15, 0.2) is 11.5 Å². The molecule has 0 heterocycles. The van der Waals surface area contributed by atoms with Crippen LogP contribution in [0, 0.1) is 0 Å². The van der Waals surface area contributed by atoms with Crippen LogP contribution in [0.1, 0.15) is 22.3 Å². The zero-order valence-electron chi connectivity index (χ0n) is 15.4. The highest BCUT2D eigenvalue weighted by molar-refractivity contribution is 9.10. The van der Waals surface area contributed by atoms with E-state index in [9.17, 15) is 9.59 Å². The summed E-state index contributed by atoms with van der Waals surface area (Å²) in [5.41, 5.74) is 1.56. The first-order valence-corrected chi connectivity index (χ1v) is 9.34. The summed E-state index contributed by atoms with van der Waals surface area (Å²) >= 11 is 3.33. The molecule has 0 bridgehead atoms. The SMILES string of the molecule is COc1ccc(CCC(=O)NCCNC(=O)c2cccc(Br)c2)cc1OC. The van der Waals surface area contributed by atoms with Crippen molar-refractivity contribution in [1.82, 2.24) is 10.6 Å². The van der Waals surface area contributed by atoms with Crippen LogP contribution in [0.15, 0.2) is 46.9 Å². The summed E-state index contributed by atoms with van der Waals surface area (Å²) in [7, 11) is 3.16. The van der Waals surface area contributed by atoms with E-state index >= 15 is 0 Å². The molecule has 27 heavy (non-hydrogen) atoms. The molecule has 0 aromatic heterocycles. The van der Waals surface area contributed by atoms with Crippen LogP contribution in [0.25, 0.3) is 0 Å². The van der Waals surface area contributed by atoms with E-state index in [2.05, 4.69) is 26.6 Å². The van der Waals surface area contributed by atoms with Crippen molar-refractivity contribution >= 4 is 27.7 Å². The van der Waals surface area contributed by atoms with Crippen molar-refractivity contribution in [3.63, 3.8) is 0 Å². The number of rotatable bonds is 9. The second-order valence-electron chi connectivity index (χ2n) is 5.81. The Kier molecular flexibility index (Phi) is 8.13. The van der Waals surface area contributed by atoms with Gasteiger partial charge in [-0.05, 0) is 42.3 Å². The summed E-state index contributed by atoms with van der Waals surface area (Å²) < 4.78 is 11.3. The maximum absolute atomic E-state index is 12.0. The molecule has 2 N–H and O–H groups in total. The Morgan fingerprint density at radius 3 is 2.41 bits per heavy atom. The number of aryl methyl sites for hydroxylation is 1. The Labute approximate surface area is 167 Å². The Morgan fingerprint density at radius 2 is 1.70 bits per heavy atom. The summed E-state index contributed by atoms with van der Waals surface area (Å²) in [6.45, 7) is 0.748. The van der Waals surface area contributed by atoms with Crippen molar-refractivity contribution in [2.75, 3.05) is 27.3 Å². The van der Waals surface area contributed by atoms with Gasteiger partial charge in [0.05, 0.1) is 14.2 Å². The Bertz CT molecular complexity index is 795. The third-order valence-corrected chi connectivity index (χ3v) is 4.40. The predicted molar refractivity (Wildman–Crippen MR) is 107 cm³/mol. The molecular weight excluding hydrogens is 412 g/mol. The number of carbonyl (C=O) groups excluding carboxylic acids is 2. The van der Waals surface area contributed by atoms with Gasteiger partial charge < -0.3 is 20.1 Å². The van der Waals surface area contributed by atoms with Gasteiger partial charge in [-0.15, -0.1) is 0 Å². The van der Waals surface area contributed by atoms with E-state index in [1.165, 1.54) is 0 Å². The molecule has 2 aromatic rings. The number of halogens is 1. The maximum Gasteiger partial charge on any atom is 0.251 e. The molecule has 2 rings (SSSR count). The van der Waals surface area contributed by atoms with Crippen molar-refractivity contribution in [3.05, 3.63) is 58.1 Å². The number of methoxy groups -OCH3 is 2. The number of carbonyl (C=O) groups is 2. The van der Waals surface area contributed by atoms with Gasteiger partial charge in [0, 0.05) is 29.5 Å². The summed E-state index contributed by atoms with van der Waals surface area (Å²) in [5, 5.41) is 5.58. The molecule has 2 amide bonds. The first-order chi connectivity index (χ1) is 13.0. The van der Waals surface area contributed by atoms with Crippen molar-refractivity contribution in [1.29, 1.82) is 0 Å². The first-order valence-electron chi connectivity index (χ1n) is 8.55. The van der Waals surface area contributed by atoms with Gasteiger partial charge in [-0.3, -0.25) is 9.59 Å². The number of benzene rings is 2. The molecule has 0 saturated heterocycles. The highest BCUT2D eigenvalue weighted by Crippen LogP contribution is 2.27. The van der Waals surface area contributed by atoms with Gasteiger partial charge in [-0.1, -0.05) is 28.1 Å². The quantitative estimate of drug-likeness (QED) is 0.594. The Hall–Kier alpha value is -2.54. The summed E-state index contributed by atoms with van der Waals surface area (Å²) in [5.74, 6) is 1.06. The van der Waals surface area contributed by atoms with Gasteiger partial charge in [0.2, 0.25) is 5.91 Å². The zero-order valence-corrected chi connectivity index (χ0v) is 17.0. The molecular formula is C20H23BrN2O4. The molecule has 144 valence electrons. The summed E-state index contributed by atoms with van der Waals surface area (Å²) in [4.78, 5) is 24.0. The van der Waals surface area contributed by atoms with Crippen LogP contribution in [0.4, 0.5) is 0 Å². The monoisotopic (exact) mass is 434 g/mol. The number of amides is 2. The fourth-order valence-electron chi connectivity index (χ4n) is 2.49. The predicted octanol–water partition coefficient (Wildman–Crippen LogP) is 2.95. The van der Waals surface area contributed by atoms with Crippen LogP contribution in [0.3, 0.4) is 0 Å². The van der Waals surface area contributed by atoms with Crippen molar-refractivity contribution in [2.24, 2.45) is 0 Å². The van der Waals surface area contributed by atoms with E-state index in [0.29, 0.717) is 43.0 Å². The Balaban J connectivity index is 1.70. The molecule has 0 aliphatic heterocycles. The average Bonchev–Trinajstić information content (AvgIpc) is 2.69. The standard InChI is InChI=1S/C20H23BrN2O4/c1-26-17-8-6-14(12-18(17)27-2)7-9-19(24)22-10-11-23-20(25)15-4-3-5-16(21)13-15/h3-6,8,12-13H,7,9-11H2,1-2H3,(H,22,24)(H,23,25). The molecule has 0 saturated carbocycles. The fourth-order valence-corrected chi connectivity index (χ4v) is 2.89. The molecule has 0 radical (unpaired) electrons. The van der Waals surface area contributed by atoms with Crippen molar-refractivity contribution < 1.29 is 19.1 Å². The van der Waals surface area contributed by atoms with E-state index in [0.717, 1.165) is 10.0 Å². The largest absolute Gasteiger partial charge is 0.493 e. The van der Waals surface area contributed by atoms with Crippen LogP contribution in [-0.4, -0.2) is 39.1 Å². The van der Waals surface area contributed by atoms with Gasteiger partial charge in [-0.2, -0.15) is 0 Å². The van der Waals surface area contributed by atoms with Crippen LogP contribution in [0.2, 0.25) is 0 Å². The number of hydrogen-bond acceptors (Lipinski definition) is 4. The van der Waals surface area contributed by atoms with Crippen LogP contribution in [0.5, 0.6) is 11.5 Å². The summed E-state index contributed by atoms with van der Waals surface area (Å²) in [6, 6.07) is 12.7. The van der Waals surface area contributed by atoms with E-state index in [4.69, 9.17) is 9.47 Å². The first kappa shape index (κ1) is 20.8. The summed E-state index contributed by atoms with van der Waals surface area (Å²) in [6.07, 6.45) is 0.950. The van der Waals surface area contributed by atoms with Crippen LogP contribution >= 0.6 is 15.9 Å². The molecule has 0 aliphatic rings. The molecule has 6 nitrogen and oxygen atoms in total. The van der Waals surface area contributed by atoms with Crippen molar-refractivity contribution in [3.8, 4) is 11.5 Å². The van der Waals surface area contributed by atoms with Crippen molar-refractivity contribution in [2.45, 2.75) is 12.8 Å². The van der Waals surface area contributed by atoms with Gasteiger partial charge in [0.1, 0.15) is 0 Å². The lowest BCUT2D eigenvalue weighted by atomic mass is 10.1. The van der Waals surface area contributed by atoms with E-state index < -0.39 is 0 Å². The Morgan fingerprint density at radius 1 is 0.963 bits per heavy atom. The van der Waals surface area contributed by atoms with Gasteiger partial charge >= 0.3 is 0 Å². The minimum Gasteiger partial charge on any atom is -0.493 e. The van der Waals surface area contributed by atoms with E-state index in [-0.39, 0.29) is 11.8 Å². The lowest BCUT2D eigenvalue weighted by Gasteiger charge is -2.10. The zero-order chi connectivity index (χ0) is 19.6. The minimum absolute atomic E-state index is 0.0681. The average molecular weight is 435 g/mol. The number of nitrogens with one attached hydrogen (secondary N) is 2. The van der Waals surface area contributed by atoms with Gasteiger partial charge in [-0.25, -0.2) is 0 Å². The van der Waals surface area contributed by atoms with Crippen LogP contribution in [-0.2, 0) is 11.2 Å². The lowest BCUT2D eigenvalue weighted by Crippen LogP contribution is -2.34. The molecule has 7 heteroatoms. The molecule has 0 aliphatic carbocycles. The van der Waals surface area contributed by atoms with E-state index in [1.54, 1.807) is 32.4 Å². The molecule has 0 fully saturated rings. The molecule has 2 aromatic carbocycles. The fraction of sp³-hybridized carbons (Fsp3) is 0.300. The third kappa shape index (κ3) is 6.60. The lowest BCUT2D eigenvalue weighted by molar-refractivity contribution is -0.121. The molecule has 0 spiro atoms. The number of ether oxygens (including phenoxy) is 2. The maximum atomic E-state index is 12.0. The number of hydrogen-bond donors (Lipinski definition) is 2. The normalized spacial score (nSPS) is 10.2. The van der Waals surface area contributed by atoms with Gasteiger partial charge in [0.25, 0.3) is 5.91 Å². The second-order valence-corrected chi connectivity index (χ2v) is 6.72. The minimum atomic E-state index is -0.170. The second kappa shape index (κ2) is 10.6. The molecule has 0 unspecified atom stereocenters. The van der Waals surface area contributed by atoms with Crippen LogP contribution < -0.4 is 20.1 Å².